The van der Waals surface area contributed by atoms with Crippen molar-refractivity contribution in [2.24, 2.45) is 0 Å². The molecule has 0 radical (unpaired) electrons. The summed E-state index contributed by atoms with van der Waals surface area (Å²) in [5.41, 5.74) is 1.39. The molecule has 7 heteroatoms. The smallest absolute Gasteiger partial charge is 0.409 e. The highest BCUT2D eigenvalue weighted by Crippen LogP contribution is 2.13. The molecular formula is C16H24N4O3. The van der Waals surface area contributed by atoms with Crippen LogP contribution in [0.2, 0.25) is 0 Å². The Morgan fingerprint density at radius 2 is 1.87 bits per heavy atom. The van der Waals surface area contributed by atoms with E-state index in [4.69, 9.17) is 4.74 Å². The molecule has 2 amide bonds. The van der Waals surface area contributed by atoms with E-state index in [2.05, 4.69) is 10.3 Å². The molecule has 0 atom stereocenters. The van der Waals surface area contributed by atoms with Gasteiger partial charge in [-0.2, -0.15) is 0 Å². The van der Waals surface area contributed by atoms with Crippen molar-refractivity contribution in [3.63, 3.8) is 0 Å². The lowest BCUT2D eigenvalue weighted by Gasteiger charge is -2.34. The Labute approximate surface area is 136 Å². The van der Waals surface area contributed by atoms with E-state index in [9.17, 15) is 9.59 Å². The minimum atomic E-state index is -0.315. The van der Waals surface area contributed by atoms with Crippen molar-refractivity contribution in [2.45, 2.75) is 26.8 Å². The second kappa shape index (κ2) is 7.80. The number of piperazine rings is 1. The van der Waals surface area contributed by atoms with Crippen molar-refractivity contribution in [1.29, 1.82) is 0 Å². The number of ether oxygens (including phenoxy) is 1. The number of carbonyl (C=O) groups excluding carboxylic acids is 2. The highest BCUT2D eigenvalue weighted by Gasteiger charge is 2.25. The van der Waals surface area contributed by atoms with Gasteiger partial charge >= 0.3 is 6.09 Å². The molecule has 2 heterocycles. The second-order valence-corrected chi connectivity index (χ2v) is 5.74. The lowest BCUT2D eigenvalue weighted by Crippen LogP contribution is -2.50. The molecule has 1 aliphatic rings. The summed E-state index contributed by atoms with van der Waals surface area (Å²) in [6.07, 6.45) is 2.96. The van der Waals surface area contributed by atoms with Crippen LogP contribution in [0, 0.1) is 0 Å². The van der Waals surface area contributed by atoms with Crippen LogP contribution in [0.15, 0.2) is 18.5 Å². The molecule has 1 N–H and O–H groups in total. The fraction of sp³-hybridized carbons (Fsp3) is 0.562. The minimum absolute atomic E-state index is 0.0617. The molecule has 1 saturated heterocycles. The van der Waals surface area contributed by atoms with Gasteiger partial charge in [0.15, 0.2) is 0 Å². The van der Waals surface area contributed by atoms with E-state index >= 15 is 0 Å². The predicted molar refractivity (Wildman–Crippen MR) is 87.5 cm³/mol. The van der Waals surface area contributed by atoms with Gasteiger partial charge in [-0.1, -0.05) is 0 Å². The first kappa shape index (κ1) is 17.1. The van der Waals surface area contributed by atoms with E-state index in [1.54, 1.807) is 29.1 Å². The summed E-state index contributed by atoms with van der Waals surface area (Å²) in [6.45, 7) is 8.18. The SMILES string of the molecule is CCOC(=O)N1CCN(C(=O)c2cncc(NC(C)C)c2)CC1. The number of nitrogens with zero attached hydrogens (tertiary/aromatic N) is 3. The van der Waals surface area contributed by atoms with Crippen molar-refractivity contribution in [1.82, 2.24) is 14.8 Å². The maximum atomic E-state index is 12.6. The number of hydrogen-bond donors (Lipinski definition) is 1. The molecular weight excluding hydrogens is 296 g/mol. The first-order valence-electron chi connectivity index (χ1n) is 7.93. The number of hydrogen-bond acceptors (Lipinski definition) is 5. The largest absolute Gasteiger partial charge is 0.450 e. The maximum absolute atomic E-state index is 12.6. The Bertz CT molecular complexity index is 554. The van der Waals surface area contributed by atoms with E-state index in [1.807, 2.05) is 19.9 Å². The Morgan fingerprint density at radius 3 is 2.48 bits per heavy atom. The van der Waals surface area contributed by atoms with Gasteiger partial charge in [0.05, 0.1) is 17.9 Å². The summed E-state index contributed by atoms with van der Waals surface area (Å²) in [5.74, 6) is -0.0617. The number of anilines is 1. The van der Waals surface area contributed by atoms with Crippen LogP contribution in [0.25, 0.3) is 0 Å². The Kier molecular flexibility index (Phi) is 5.78. The van der Waals surface area contributed by atoms with Crippen molar-refractivity contribution >= 4 is 17.7 Å². The number of nitrogens with one attached hydrogen (secondary N) is 1. The van der Waals surface area contributed by atoms with E-state index in [0.717, 1.165) is 5.69 Å². The monoisotopic (exact) mass is 320 g/mol. The summed E-state index contributed by atoms with van der Waals surface area (Å²) in [7, 11) is 0. The highest BCUT2D eigenvalue weighted by atomic mass is 16.6. The average molecular weight is 320 g/mol. The summed E-state index contributed by atoms with van der Waals surface area (Å²) >= 11 is 0. The topological polar surface area (TPSA) is 74.8 Å². The zero-order chi connectivity index (χ0) is 16.8. The zero-order valence-corrected chi connectivity index (χ0v) is 13.9. The van der Waals surface area contributed by atoms with Gasteiger partial charge in [0.1, 0.15) is 0 Å². The molecule has 23 heavy (non-hydrogen) atoms. The van der Waals surface area contributed by atoms with Crippen molar-refractivity contribution in [3.8, 4) is 0 Å². The molecule has 0 aromatic carbocycles. The Hall–Kier alpha value is -2.31. The molecule has 0 bridgehead atoms. The molecule has 2 rings (SSSR count). The van der Waals surface area contributed by atoms with Crippen LogP contribution in [0.5, 0.6) is 0 Å². The van der Waals surface area contributed by atoms with Crippen LogP contribution in [0.4, 0.5) is 10.5 Å². The fourth-order valence-electron chi connectivity index (χ4n) is 2.46. The predicted octanol–water partition coefficient (Wildman–Crippen LogP) is 1.82. The number of carbonyl (C=O) groups is 2. The normalized spacial score (nSPS) is 14.8. The molecule has 1 aromatic rings. The molecule has 1 fully saturated rings. The lowest BCUT2D eigenvalue weighted by molar-refractivity contribution is 0.0570. The molecule has 0 spiro atoms. The fourth-order valence-corrected chi connectivity index (χ4v) is 2.46. The van der Waals surface area contributed by atoms with Crippen molar-refractivity contribution in [2.75, 3.05) is 38.1 Å². The summed E-state index contributed by atoms with van der Waals surface area (Å²) < 4.78 is 4.98. The average Bonchev–Trinajstić information content (AvgIpc) is 2.54. The molecule has 7 nitrogen and oxygen atoms in total. The third-order valence-electron chi connectivity index (χ3n) is 3.53. The lowest BCUT2D eigenvalue weighted by atomic mass is 10.2. The molecule has 1 aliphatic heterocycles. The van der Waals surface area contributed by atoms with Crippen LogP contribution in [0.1, 0.15) is 31.1 Å². The summed E-state index contributed by atoms with van der Waals surface area (Å²) in [4.78, 5) is 31.7. The number of aromatic nitrogens is 1. The second-order valence-electron chi connectivity index (χ2n) is 5.74. The van der Waals surface area contributed by atoms with Gasteiger partial charge in [0, 0.05) is 44.6 Å². The first-order chi connectivity index (χ1) is 11.0. The number of rotatable bonds is 4. The number of pyridine rings is 1. The van der Waals surface area contributed by atoms with Crippen molar-refractivity contribution in [3.05, 3.63) is 24.0 Å². The van der Waals surface area contributed by atoms with Gasteiger partial charge < -0.3 is 19.9 Å². The molecule has 0 unspecified atom stereocenters. The molecule has 126 valence electrons. The van der Waals surface area contributed by atoms with Gasteiger partial charge in [-0.15, -0.1) is 0 Å². The van der Waals surface area contributed by atoms with E-state index in [1.165, 1.54) is 0 Å². The maximum Gasteiger partial charge on any atom is 0.409 e. The molecule has 0 saturated carbocycles. The van der Waals surface area contributed by atoms with Gasteiger partial charge in [-0.3, -0.25) is 9.78 Å². The van der Waals surface area contributed by atoms with Crippen LogP contribution in [-0.4, -0.2) is 65.6 Å². The first-order valence-corrected chi connectivity index (χ1v) is 7.93. The van der Waals surface area contributed by atoms with Crippen molar-refractivity contribution < 1.29 is 14.3 Å². The van der Waals surface area contributed by atoms with E-state index in [-0.39, 0.29) is 18.0 Å². The molecule has 1 aromatic heterocycles. The highest BCUT2D eigenvalue weighted by molar-refractivity contribution is 5.95. The molecule has 0 aliphatic carbocycles. The summed E-state index contributed by atoms with van der Waals surface area (Å²) in [5, 5.41) is 3.24. The Morgan fingerprint density at radius 1 is 1.22 bits per heavy atom. The van der Waals surface area contributed by atoms with Crippen LogP contribution in [-0.2, 0) is 4.74 Å². The van der Waals surface area contributed by atoms with E-state index < -0.39 is 0 Å². The van der Waals surface area contributed by atoms with Gasteiger partial charge in [0.25, 0.3) is 5.91 Å². The standard InChI is InChI=1S/C16H24N4O3/c1-4-23-16(22)20-7-5-19(6-8-20)15(21)13-9-14(11-17-10-13)18-12(2)3/h9-12,18H,4-8H2,1-3H3. The summed E-state index contributed by atoms with van der Waals surface area (Å²) in [6, 6.07) is 2.09. The third-order valence-corrected chi connectivity index (χ3v) is 3.53. The third kappa shape index (κ3) is 4.58. The van der Waals surface area contributed by atoms with Gasteiger partial charge in [-0.05, 0) is 26.8 Å². The zero-order valence-electron chi connectivity index (χ0n) is 13.9. The van der Waals surface area contributed by atoms with Gasteiger partial charge in [-0.25, -0.2) is 4.79 Å². The Balaban J connectivity index is 1.96. The van der Waals surface area contributed by atoms with E-state index in [0.29, 0.717) is 38.3 Å². The number of amides is 2. The minimum Gasteiger partial charge on any atom is -0.450 e. The quantitative estimate of drug-likeness (QED) is 0.916. The van der Waals surface area contributed by atoms with Crippen LogP contribution in [0.3, 0.4) is 0 Å². The van der Waals surface area contributed by atoms with Gasteiger partial charge in [0.2, 0.25) is 0 Å². The van der Waals surface area contributed by atoms with Crippen LogP contribution < -0.4 is 5.32 Å². The van der Waals surface area contributed by atoms with Crippen LogP contribution >= 0.6 is 0 Å².